The number of azo groups is 2. The Morgan fingerprint density at radius 2 is 1.30 bits per heavy atom. The highest BCUT2D eigenvalue weighted by molar-refractivity contribution is 7.94. The van der Waals surface area contributed by atoms with Crippen LogP contribution >= 0.6 is 12.0 Å². The van der Waals surface area contributed by atoms with Crippen LogP contribution in [0.3, 0.4) is 0 Å². The van der Waals surface area contributed by atoms with Gasteiger partial charge in [-0.1, -0.05) is 23.2 Å². The predicted molar refractivity (Wildman–Crippen MR) is 155 cm³/mol. The maximum absolute atomic E-state index is 11.3. The molecule has 40 heavy (non-hydrogen) atoms. The van der Waals surface area contributed by atoms with Gasteiger partial charge < -0.3 is 10.8 Å². The predicted octanol–water partition coefficient (Wildman–Crippen LogP) is 9.14. The van der Waals surface area contributed by atoms with Gasteiger partial charge in [0.2, 0.25) is 0 Å². The monoisotopic (exact) mass is 555 g/mol. The molecule has 9 nitrogen and oxygen atoms in total. The Morgan fingerprint density at radius 3 is 1.93 bits per heavy atom. The Balaban J connectivity index is 1.36. The van der Waals surface area contributed by atoms with Crippen LogP contribution in [-0.4, -0.2) is 10.4 Å². The number of hydrogen-bond donors (Lipinski definition) is 3. The smallest absolute Gasteiger partial charge is 0.154 e. The third-order valence-electron chi connectivity index (χ3n) is 7.59. The molecule has 10 heteroatoms. The average molecular weight is 556 g/mol. The van der Waals surface area contributed by atoms with Gasteiger partial charge in [0.15, 0.2) is 5.75 Å². The summed E-state index contributed by atoms with van der Waals surface area (Å²) in [5, 5.41) is 42.4. The first-order valence-electron chi connectivity index (χ1n) is 13.4. The van der Waals surface area contributed by atoms with E-state index < -0.39 is 0 Å². The van der Waals surface area contributed by atoms with E-state index in [1.807, 2.05) is 18.2 Å². The summed E-state index contributed by atoms with van der Waals surface area (Å²) in [6, 6.07) is 17.4. The molecule has 0 radical (unpaired) electrons. The lowest BCUT2D eigenvalue weighted by molar-refractivity contribution is -0.432. The summed E-state index contributed by atoms with van der Waals surface area (Å²) in [5.74, 6) is -0.188. The normalized spacial score (nSPS) is 15.1. The third-order valence-corrected chi connectivity index (χ3v) is 8.21. The molecule has 2 aliphatic carbocycles. The van der Waals surface area contributed by atoms with Gasteiger partial charge in [-0.15, -0.1) is 14.6 Å². The fourth-order valence-electron chi connectivity index (χ4n) is 5.54. The van der Waals surface area contributed by atoms with Gasteiger partial charge in [-0.25, -0.2) is 5.26 Å². The Kier molecular flexibility index (Phi) is 7.74. The topological polar surface area (TPSA) is 134 Å². The molecule has 6 rings (SSSR count). The number of rotatable bonds is 7. The van der Waals surface area contributed by atoms with Crippen LogP contribution in [0.15, 0.2) is 79.9 Å². The minimum Gasteiger partial charge on any atom is -0.505 e. The van der Waals surface area contributed by atoms with Gasteiger partial charge in [0, 0.05) is 0 Å². The maximum atomic E-state index is 11.3. The van der Waals surface area contributed by atoms with Gasteiger partial charge in [-0.2, -0.15) is 10.2 Å². The van der Waals surface area contributed by atoms with Crippen LogP contribution < -0.4 is 5.73 Å². The van der Waals surface area contributed by atoms with Crippen LogP contribution in [0.25, 0.3) is 10.8 Å². The van der Waals surface area contributed by atoms with Crippen LogP contribution in [-0.2, 0) is 35.1 Å². The number of benzene rings is 4. The first-order chi connectivity index (χ1) is 19.6. The van der Waals surface area contributed by atoms with E-state index >= 15 is 0 Å². The Labute approximate surface area is 235 Å². The van der Waals surface area contributed by atoms with Crippen LogP contribution in [0.5, 0.6) is 5.75 Å². The zero-order valence-electron chi connectivity index (χ0n) is 21.8. The van der Waals surface area contributed by atoms with Crippen molar-refractivity contribution in [2.45, 2.75) is 56.3 Å². The van der Waals surface area contributed by atoms with Crippen molar-refractivity contribution in [3.63, 3.8) is 0 Å². The number of anilines is 1. The van der Waals surface area contributed by atoms with E-state index in [4.69, 9.17) is 11.0 Å². The molecule has 0 saturated carbocycles. The molecule has 0 spiro atoms. The number of nitrogens with zero attached hydrogens (tertiary/aromatic N) is 4. The average Bonchev–Trinajstić information content (AvgIpc) is 2.99. The molecule has 2 aliphatic rings. The van der Waals surface area contributed by atoms with Gasteiger partial charge >= 0.3 is 0 Å². The molecule has 4 aromatic rings. The van der Waals surface area contributed by atoms with E-state index in [1.165, 1.54) is 41.5 Å². The number of phenols is 1. The molecule has 4 N–H and O–H groups in total. The first kappa shape index (κ1) is 26.4. The number of nitrogen functional groups attached to an aromatic ring is 1. The SMILES string of the molecule is Nc1c(N=Nc2ccc3c(c2)CCCC3)ccc2cc(SOOO)c(N=Nc3ccc4c(c3)CCCC4)c(O)c12. The molecular formula is C30H29N5O4S. The van der Waals surface area contributed by atoms with Crippen molar-refractivity contribution in [1.29, 1.82) is 0 Å². The van der Waals surface area contributed by atoms with E-state index in [-0.39, 0.29) is 17.1 Å². The third kappa shape index (κ3) is 5.44. The van der Waals surface area contributed by atoms with Crippen molar-refractivity contribution in [2.75, 3.05) is 5.73 Å². The quantitative estimate of drug-likeness (QED) is 0.0684. The first-order valence-corrected chi connectivity index (χ1v) is 14.1. The summed E-state index contributed by atoms with van der Waals surface area (Å²) >= 11 is 0.694. The second-order valence-corrected chi connectivity index (χ2v) is 10.9. The zero-order chi connectivity index (χ0) is 27.5. The number of aryl methyl sites for hydroxylation is 4. The van der Waals surface area contributed by atoms with Gasteiger partial charge in [0.05, 0.1) is 39.4 Å². The van der Waals surface area contributed by atoms with E-state index in [0.717, 1.165) is 37.8 Å². The zero-order valence-corrected chi connectivity index (χ0v) is 22.7. The summed E-state index contributed by atoms with van der Waals surface area (Å²) in [4.78, 5) is 0.378. The Hall–Kier alpha value is -3.83. The molecular weight excluding hydrogens is 526 g/mol. The lowest BCUT2D eigenvalue weighted by Gasteiger charge is -2.15. The van der Waals surface area contributed by atoms with Crippen molar-refractivity contribution in [3.8, 4) is 5.75 Å². The molecule has 204 valence electrons. The van der Waals surface area contributed by atoms with Crippen LogP contribution in [0.1, 0.15) is 47.9 Å². The molecule has 0 bridgehead atoms. The molecule has 0 aliphatic heterocycles. The molecule has 0 atom stereocenters. The van der Waals surface area contributed by atoms with Crippen LogP contribution in [0.2, 0.25) is 0 Å². The highest BCUT2D eigenvalue weighted by atomic mass is 32.2. The van der Waals surface area contributed by atoms with Crippen LogP contribution in [0, 0.1) is 0 Å². The summed E-state index contributed by atoms with van der Waals surface area (Å²) in [5.41, 5.74) is 14.1. The van der Waals surface area contributed by atoms with Crippen molar-refractivity contribution < 1.29 is 19.7 Å². The minimum atomic E-state index is -0.188. The van der Waals surface area contributed by atoms with E-state index in [1.54, 1.807) is 18.2 Å². The summed E-state index contributed by atoms with van der Waals surface area (Å²) in [7, 11) is 0. The van der Waals surface area contributed by atoms with Crippen molar-refractivity contribution in [3.05, 3.63) is 76.9 Å². The lowest BCUT2D eigenvalue weighted by atomic mass is 9.91. The second kappa shape index (κ2) is 11.7. The van der Waals surface area contributed by atoms with E-state index in [0.29, 0.717) is 39.1 Å². The maximum Gasteiger partial charge on any atom is 0.154 e. The fourth-order valence-corrected chi connectivity index (χ4v) is 6.03. The lowest BCUT2D eigenvalue weighted by Crippen LogP contribution is -2.01. The number of phenolic OH excluding ortho intramolecular Hbond substituents is 1. The second-order valence-electron chi connectivity index (χ2n) is 10.1. The van der Waals surface area contributed by atoms with Crippen LogP contribution in [0.4, 0.5) is 28.4 Å². The number of hydrogen-bond acceptors (Lipinski definition) is 10. The fraction of sp³-hybridized carbons (Fsp3) is 0.267. The largest absolute Gasteiger partial charge is 0.505 e. The molecule has 0 heterocycles. The highest BCUT2D eigenvalue weighted by Gasteiger charge is 2.19. The number of aromatic hydroxyl groups is 1. The Bertz CT molecular complexity index is 1640. The minimum absolute atomic E-state index is 0.128. The molecule has 0 unspecified atom stereocenters. The summed E-state index contributed by atoms with van der Waals surface area (Å²) < 4.78 is 4.67. The molecule has 0 amide bonds. The van der Waals surface area contributed by atoms with Gasteiger partial charge in [-0.3, -0.25) is 0 Å². The number of fused-ring (bicyclic) bond motifs is 3. The molecule has 0 aromatic heterocycles. The highest BCUT2D eigenvalue weighted by Crippen LogP contribution is 2.48. The molecule has 0 fully saturated rings. The van der Waals surface area contributed by atoms with E-state index in [9.17, 15) is 5.11 Å². The van der Waals surface area contributed by atoms with Crippen molar-refractivity contribution >= 4 is 51.3 Å². The standard InChI is InChI=1S/C30H29N5O4S/c31-28-25(34-32-23-12-9-18-5-1-3-7-20(18)15-23)14-11-22-17-26(40-39-38-37)29(30(36)27(22)28)35-33-24-13-10-19-6-2-4-8-21(19)16-24/h9-17,36-37H,1-8,31H2. The number of nitrogens with two attached hydrogens (primary N) is 1. The van der Waals surface area contributed by atoms with Gasteiger partial charge in [0.25, 0.3) is 0 Å². The van der Waals surface area contributed by atoms with Gasteiger partial charge in [0.1, 0.15) is 11.4 Å². The molecule has 0 saturated heterocycles. The van der Waals surface area contributed by atoms with Gasteiger partial charge in [-0.05, 0) is 115 Å². The van der Waals surface area contributed by atoms with Crippen molar-refractivity contribution in [2.24, 2.45) is 20.5 Å². The Morgan fingerprint density at radius 1 is 0.700 bits per heavy atom. The van der Waals surface area contributed by atoms with E-state index in [2.05, 4.69) is 48.0 Å². The molecule has 4 aromatic carbocycles. The summed E-state index contributed by atoms with van der Waals surface area (Å²) in [6.45, 7) is 0. The van der Waals surface area contributed by atoms with Crippen molar-refractivity contribution in [1.82, 2.24) is 0 Å². The summed E-state index contributed by atoms with van der Waals surface area (Å²) in [6.07, 6.45) is 9.01.